The van der Waals surface area contributed by atoms with Crippen LogP contribution in [0.25, 0.3) is 0 Å². The third-order valence-electron chi connectivity index (χ3n) is 3.59. The number of imide groups is 1. The van der Waals surface area contributed by atoms with Gasteiger partial charge in [-0.3, -0.25) is 10.1 Å². The first-order valence-electron chi connectivity index (χ1n) is 7.92. The average molecular weight is 393 g/mol. The van der Waals surface area contributed by atoms with Crippen molar-refractivity contribution in [2.75, 3.05) is 7.11 Å². The number of ether oxygens (including phenoxy) is 2. The topological polar surface area (TPSA) is 121 Å². The molecule has 2 rings (SSSR count). The molecule has 0 spiro atoms. The minimum Gasteiger partial charge on any atom is -0.453 e. The molecule has 0 radical (unpaired) electrons. The Morgan fingerprint density at radius 2 is 2.07 bits per heavy atom. The molecule has 9 nitrogen and oxygen atoms in total. The summed E-state index contributed by atoms with van der Waals surface area (Å²) in [6, 6.07) is 3.14. The van der Waals surface area contributed by atoms with Crippen molar-refractivity contribution in [2.45, 2.75) is 37.7 Å². The van der Waals surface area contributed by atoms with Gasteiger partial charge >= 0.3 is 12.1 Å². The fourth-order valence-corrected chi connectivity index (χ4v) is 3.18. The molecule has 0 fully saturated rings. The van der Waals surface area contributed by atoms with Gasteiger partial charge in [-0.05, 0) is 32.9 Å². The fraction of sp³-hybridized carbons (Fsp3) is 0.353. The van der Waals surface area contributed by atoms with Gasteiger partial charge < -0.3 is 14.0 Å². The monoisotopic (exact) mass is 393 g/mol. The number of hydrogen-bond donors (Lipinski definition) is 1. The molecule has 0 unspecified atom stereocenters. The van der Waals surface area contributed by atoms with Gasteiger partial charge in [0.15, 0.2) is 6.10 Å². The summed E-state index contributed by atoms with van der Waals surface area (Å²) in [5.74, 6) is -0.300. The van der Waals surface area contributed by atoms with Crippen molar-refractivity contribution in [1.29, 1.82) is 0 Å². The van der Waals surface area contributed by atoms with Crippen molar-refractivity contribution in [2.24, 2.45) is 0 Å². The number of alkyl carbamates (subject to hydrolysis) is 1. The molecule has 2 aromatic rings. The van der Waals surface area contributed by atoms with Gasteiger partial charge in [0.1, 0.15) is 10.8 Å². The number of nitrogens with zero attached hydrogens (tertiary/aromatic N) is 2. The van der Waals surface area contributed by atoms with Crippen LogP contribution in [0.4, 0.5) is 4.79 Å². The van der Waals surface area contributed by atoms with Crippen LogP contribution in [-0.4, -0.2) is 41.3 Å². The van der Waals surface area contributed by atoms with Crippen LogP contribution in [0.2, 0.25) is 0 Å². The van der Waals surface area contributed by atoms with Crippen LogP contribution in [0.5, 0.6) is 0 Å². The van der Waals surface area contributed by atoms with Gasteiger partial charge in [-0.15, -0.1) is 11.8 Å². The molecule has 2 amide bonds. The van der Waals surface area contributed by atoms with Crippen molar-refractivity contribution in [1.82, 2.24) is 15.5 Å². The third-order valence-corrected chi connectivity index (χ3v) is 4.62. The molecule has 0 saturated heterocycles. The predicted molar refractivity (Wildman–Crippen MR) is 95.2 cm³/mol. The number of carbonyl (C=O) groups is 3. The lowest BCUT2D eigenvalue weighted by Crippen LogP contribution is -2.39. The highest BCUT2D eigenvalue weighted by atomic mass is 32.2. The van der Waals surface area contributed by atoms with E-state index in [2.05, 4.69) is 14.9 Å². The zero-order valence-corrected chi connectivity index (χ0v) is 16.1. The van der Waals surface area contributed by atoms with E-state index in [9.17, 15) is 14.4 Å². The highest BCUT2D eigenvalue weighted by Crippen LogP contribution is 2.27. The maximum atomic E-state index is 12.4. The summed E-state index contributed by atoms with van der Waals surface area (Å²) in [7, 11) is 1.12. The van der Waals surface area contributed by atoms with Gasteiger partial charge in [0, 0.05) is 17.5 Å². The molecule has 10 heteroatoms. The number of aromatic nitrogens is 2. The first-order chi connectivity index (χ1) is 12.8. The van der Waals surface area contributed by atoms with Crippen LogP contribution >= 0.6 is 11.8 Å². The van der Waals surface area contributed by atoms with E-state index in [4.69, 9.17) is 9.26 Å². The molecule has 0 saturated carbocycles. The second kappa shape index (κ2) is 9.17. The molecule has 1 atom stereocenters. The Bertz CT molecular complexity index is 831. The molecule has 144 valence electrons. The zero-order chi connectivity index (χ0) is 20.0. The molecule has 0 aliphatic carbocycles. The van der Waals surface area contributed by atoms with E-state index < -0.39 is 24.1 Å². The number of aryl methyl sites for hydroxylation is 2. The Labute approximate surface area is 159 Å². The van der Waals surface area contributed by atoms with E-state index in [0.29, 0.717) is 16.5 Å². The Balaban J connectivity index is 2.06. The Morgan fingerprint density at radius 3 is 2.70 bits per heavy atom. The van der Waals surface area contributed by atoms with Crippen LogP contribution in [0.1, 0.15) is 34.3 Å². The van der Waals surface area contributed by atoms with Gasteiger partial charge in [-0.2, -0.15) is 0 Å². The minimum absolute atomic E-state index is 0.215. The lowest BCUT2D eigenvalue weighted by Gasteiger charge is -2.13. The standard InChI is InChI=1S/C17H19N3O6S/c1-9-13(10(2)26-20-9)8-27-15-12(6-5-7-18-15)16(22)25-11(3)14(21)19-17(23)24-4/h5-7,11H,8H2,1-4H3,(H,19,21,23)/t11-/m1/s1. The molecule has 27 heavy (non-hydrogen) atoms. The molecule has 0 bridgehead atoms. The van der Waals surface area contributed by atoms with Gasteiger partial charge in [-0.1, -0.05) is 5.16 Å². The van der Waals surface area contributed by atoms with E-state index >= 15 is 0 Å². The van der Waals surface area contributed by atoms with E-state index in [1.54, 1.807) is 18.3 Å². The first-order valence-corrected chi connectivity index (χ1v) is 8.91. The number of amides is 2. The van der Waals surface area contributed by atoms with E-state index in [-0.39, 0.29) is 5.56 Å². The lowest BCUT2D eigenvalue weighted by atomic mass is 10.2. The number of nitrogens with one attached hydrogen (secondary N) is 1. The molecular formula is C17H19N3O6S. The Morgan fingerprint density at radius 1 is 1.33 bits per heavy atom. The summed E-state index contributed by atoms with van der Waals surface area (Å²) < 4.78 is 14.6. The summed E-state index contributed by atoms with van der Waals surface area (Å²) >= 11 is 1.32. The zero-order valence-electron chi connectivity index (χ0n) is 15.3. The SMILES string of the molecule is COC(=O)NC(=O)[C@@H](C)OC(=O)c1cccnc1SCc1c(C)noc1C. The second-order valence-electron chi connectivity index (χ2n) is 5.48. The summed E-state index contributed by atoms with van der Waals surface area (Å²) in [6.45, 7) is 5.00. The van der Waals surface area contributed by atoms with Crippen molar-refractivity contribution < 1.29 is 28.4 Å². The van der Waals surface area contributed by atoms with Crippen LogP contribution < -0.4 is 5.32 Å². The lowest BCUT2D eigenvalue weighted by molar-refractivity contribution is -0.128. The van der Waals surface area contributed by atoms with E-state index in [0.717, 1.165) is 18.4 Å². The van der Waals surface area contributed by atoms with Crippen molar-refractivity contribution in [3.63, 3.8) is 0 Å². The summed E-state index contributed by atoms with van der Waals surface area (Å²) in [6.07, 6.45) is -0.558. The van der Waals surface area contributed by atoms with Crippen LogP contribution in [0, 0.1) is 13.8 Å². The van der Waals surface area contributed by atoms with Gasteiger partial charge in [0.2, 0.25) is 0 Å². The van der Waals surface area contributed by atoms with Crippen molar-refractivity contribution in [3.8, 4) is 0 Å². The van der Waals surface area contributed by atoms with Crippen molar-refractivity contribution in [3.05, 3.63) is 40.9 Å². The molecule has 2 aromatic heterocycles. The largest absolute Gasteiger partial charge is 0.453 e. The number of methoxy groups -OCH3 is 1. The van der Waals surface area contributed by atoms with Crippen LogP contribution in [0.15, 0.2) is 27.9 Å². The Kier molecular flexibility index (Phi) is 6.94. The molecule has 0 aliphatic rings. The van der Waals surface area contributed by atoms with Gasteiger partial charge in [0.25, 0.3) is 5.91 Å². The summed E-state index contributed by atoms with van der Waals surface area (Å²) in [4.78, 5) is 39.5. The molecule has 0 aliphatic heterocycles. The number of rotatable bonds is 6. The average Bonchev–Trinajstić information content (AvgIpc) is 2.97. The van der Waals surface area contributed by atoms with E-state index in [1.807, 2.05) is 19.2 Å². The number of hydrogen-bond acceptors (Lipinski definition) is 9. The smallest absolute Gasteiger partial charge is 0.413 e. The second-order valence-corrected chi connectivity index (χ2v) is 6.44. The summed E-state index contributed by atoms with van der Waals surface area (Å²) in [5, 5.41) is 6.28. The van der Waals surface area contributed by atoms with Crippen LogP contribution in [-0.2, 0) is 20.0 Å². The van der Waals surface area contributed by atoms with Gasteiger partial charge in [-0.25, -0.2) is 14.6 Å². The fourth-order valence-electron chi connectivity index (χ4n) is 2.04. The number of carbonyl (C=O) groups excluding carboxylic acids is 3. The van der Waals surface area contributed by atoms with Crippen LogP contribution in [0.3, 0.4) is 0 Å². The number of pyridine rings is 1. The molecule has 0 aromatic carbocycles. The number of esters is 1. The Hall–Kier alpha value is -2.88. The van der Waals surface area contributed by atoms with Gasteiger partial charge in [0.05, 0.1) is 18.4 Å². The third kappa shape index (κ3) is 5.30. The minimum atomic E-state index is -1.18. The quantitative estimate of drug-likeness (QED) is 0.582. The highest BCUT2D eigenvalue weighted by Gasteiger charge is 2.23. The maximum absolute atomic E-state index is 12.4. The predicted octanol–water partition coefficient (Wildman–Crippen LogP) is 2.41. The van der Waals surface area contributed by atoms with E-state index in [1.165, 1.54) is 18.7 Å². The normalized spacial score (nSPS) is 11.6. The molecule has 1 N–H and O–H groups in total. The number of thioether (sulfide) groups is 1. The summed E-state index contributed by atoms with van der Waals surface area (Å²) in [5.41, 5.74) is 1.91. The molecular weight excluding hydrogens is 374 g/mol. The van der Waals surface area contributed by atoms with Crippen molar-refractivity contribution >= 4 is 29.7 Å². The highest BCUT2D eigenvalue weighted by molar-refractivity contribution is 7.98. The maximum Gasteiger partial charge on any atom is 0.413 e. The molecule has 2 heterocycles. The first kappa shape index (κ1) is 20.4.